The van der Waals surface area contributed by atoms with Gasteiger partial charge in [-0.25, -0.2) is 0 Å². The Morgan fingerprint density at radius 1 is 1.00 bits per heavy atom. The molecule has 0 unspecified atom stereocenters. The van der Waals surface area contributed by atoms with Crippen molar-refractivity contribution in [2.24, 2.45) is 5.92 Å². The first kappa shape index (κ1) is 15.0. The number of unbranched alkanes of at least 4 members (excludes halogenated alkanes) is 3. The van der Waals surface area contributed by atoms with Gasteiger partial charge in [-0.15, -0.1) is 0 Å². The molecule has 0 radical (unpaired) electrons. The van der Waals surface area contributed by atoms with Gasteiger partial charge in [-0.05, 0) is 51.1 Å². The second-order valence-corrected chi connectivity index (χ2v) is 5.39. The summed E-state index contributed by atoms with van der Waals surface area (Å²) < 4.78 is 5.75. The molecule has 0 aromatic rings. The maximum Gasteiger partial charge on any atom is 0.0494 e. The molecule has 0 atom stereocenters. The van der Waals surface area contributed by atoms with Gasteiger partial charge in [0.05, 0.1) is 0 Å². The SMILES string of the molecule is CCCNCCCCCCOCC1CCCC1. The van der Waals surface area contributed by atoms with Crippen molar-refractivity contribution in [3.8, 4) is 0 Å². The highest BCUT2D eigenvalue weighted by Crippen LogP contribution is 2.24. The quantitative estimate of drug-likeness (QED) is 0.556. The van der Waals surface area contributed by atoms with E-state index in [9.17, 15) is 0 Å². The zero-order chi connectivity index (χ0) is 12.2. The molecule has 1 fully saturated rings. The average Bonchev–Trinajstić information content (AvgIpc) is 2.85. The van der Waals surface area contributed by atoms with Gasteiger partial charge in [0.15, 0.2) is 0 Å². The van der Waals surface area contributed by atoms with Crippen molar-refractivity contribution in [1.82, 2.24) is 5.32 Å². The highest BCUT2D eigenvalue weighted by atomic mass is 16.5. The van der Waals surface area contributed by atoms with Gasteiger partial charge in [0.25, 0.3) is 0 Å². The molecule has 1 aliphatic carbocycles. The van der Waals surface area contributed by atoms with Gasteiger partial charge in [0, 0.05) is 13.2 Å². The van der Waals surface area contributed by atoms with Gasteiger partial charge in [-0.1, -0.05) is 32.6 Å². The van der Waals surface area contributed by atoms with Crippen molar-refractivity contribution < 1.29 is 4.74 Å². The number of hydrogen-bond donors (Lipinski definition) is 1. The fourth-order valence-electron chi connectivity index (χ4n) is 2.54. The van der Waals surface area contributed by atoms with E-state index in [1.807, 2.05) is 0 Å². The molecular weight excluding hydrogens is 210 g/mol. The smallest absolute Gasteiger partial charge is 0.0494 e. The van der Waals surface area contributed by atoms with Crippen LogP contribution in [0, 0.1) is 5.92 Å². The van der Waals surface area contributed by atoms with Crippen LogP contribution in [0.1, 0.15) is 64.7 Å². The first-order chi connectivity index (χ1) is 8.43. The Balaban J connectivity index is 1.69. The first-order valence-corrected chi connectivity index (χ1v) is 7.72. The molecule has 0 aromatic carbocycles. The summed E-state index contributed by atoms with van der Waals surface area (Å²) in [7, 11) is 0. The van der Waals surface area contributed by atoms with Crippen LogP contribution >= 0.6 is 0 Å². The van der Waals surface area contributed by atoms with Crippen LogP contribution in [0.5, 0.6) is 0 Å². The van der Waals surface area contributed by atoms with Crippen LogP contribution in [0.4, 0.5) is 0 Å². The molecule has 1 aliphatic rings. The van der Waals surface area contributed by atoms with Crippen LogP contribution in [-0.4, -0.2) is 26.3 Å². The Kier molecular flexibility index (Phi) is 9.72. The molecule has 0 spiro atoms. The normalized spacial score (nSPS) is 16.8. The van der Waals surface area contributed by atoms with E-state index in [2.05, 4.69) is 12.2 Å². The Labute approximate surface area is 108 Å². The fraction of sp³-hybridized carbons (Fsp3) is 1.00. The molecule has 17 heavy (non-hydrogen) atoms. The molecule has 0 saturated heterocycles. The molecule has 102 valence electrons. The summed E-state index contributed by atoms with van der Waals surface area (Å²) in [6.45, 7) is 6.59. The molecule has 0 aromatic heterocycles. The minimum Gasteiger partial charge on any atom is -0.381 e. The van der Waals surface area contributed by atoms with Gasteiger partial charge in [-0.3, -0.25) is 0 Å². The van der Waals surface area contributed by atoms with Gasteiger partial charge in [0.2, 0.25) is 0 Å². The van der Waals surface area contributed by atoms with Gasteiger partial charge >= 0.3 is 0 Å². The lowest BCUT2D eigenvalue weighted by Crippen LogP contribution is -2.15. The van der Waals surface area contributed by atoms with Crippen molar-refractivity contribution in [3.05, 3.63) is 0 Å². The van der Waals surface area contributed by atoms with Crippen molar-refractivity contribution in [1.29, 1.82) is 0 Å². The number of hydrogen-bond acceptors (Lipinski definition) is 2. The van der Waals surface area contributed by atoms with E-state index in [0.29, 0.717) is 0 Å². The zero-order valence-electron chi connectivity index (χ0n) is 11.7. The molecule has 0 amide bonds. The Morgan fingerprint density at radius 3 is 2.53 bits per heavy atom. The molecule has 1 saturated carbocycles. The van der Waals surface area contributed by atoms with Crippen molar-refractivity contribution in [2.75, 3.05) is 26.3 Å². The van der Waals surface area contributed by atoms with Crippen LogP contribution < -0.4 is 5.32 Å². The van der Waals surface area contributed by atoms with Crippen molar-refractivity contribution in [2.45, 2.75) is 64.7 Å². The number of rotatable bonds is 11. The minimum absolute atomic E-state index is 0.883. The Hall–Kier alpha value is -0.0800. The standard InChI is InChI=1S/C15H31NO/c1-2-11-16-12-7-3-4-8-13-17-14-15-9-5-6-10-15/h15-16H,2-14H2,1H3. The van der Waals surface area contributed by atoms with Crippen LogP contribution in [0.15, 0.2) is 0 Å². The van der Waals surface area contributed by atoms with E-state index in [1.165, 1.54) is 70.9 Å². The van der Waals surface area contributed by atoms with Crippen LogP contribution in [0.25, 0.3) is 0 Å². The monoisotopic (exact) mass is 241 g/mol. The summed E-state index contributed by atoms with van der Waals surface area (Å²) >= 11 is 0. The molecular formula is C15H31NO. The molecule has 2 nitrogen and oxygen atoms in total. The molecule has 0 heterocycles. The van der Waals surface area contributed by atoms with Gasteiger partial charge in [0.1, 0.15) is 0 Å². The van der Waals surface area contributed by atoms with E-state index >= 15 is 0 Å². The van der Waals surface area contributed by atoms with E-state index in [1.54, 1.807) is 0 Å². The van der Waals surface area contributed by atoms with E-state index < -0.39 is 0 Å². The Morgan fingerprint density at radius 2 is 1.76 bits per heavy atom. The minimum atomic E-state index is 0.883. The van der Waals surface area contributed by atoms with Crippen LogP contribution in [0.2, 0.25) is 0 Å². The van der Waals surface area contributed by atoms with E-state index in [4.69, 9.17) is 4.74 Å². The largest absolute Gasteiger partial charge is 0.381 e. The highest BCUT2D eigenvalue weighted by molar-refractivity contribution is 4.66. The van der Waals surface area contributed by atoms with Gasteiger partial charge < -0.3 is 10.1 Å². The molecule has 2 heteroatoms. The maximum atomic E-state index is 5.75. The highest BCUT2D eigenvalue weighted by Gasteiger charge is 2.14. The van der Waals surface area contributed by atoms with E-state index in [0.717, 1.165) is 19.1 Å². The topological polar surface area (TPSA) is 21.3 Å². The Bertz CT molecular complexity index is 155. The van der Waals surface area contributed by atoms with Crippen LogP contribution in [-0.2, 0) is 4.74 Å². The summed E-state index contributed by atoms with van der Waals surface area (Å²) in [6.07, 6.45) is 12.2. The molecule has 0 bridgehead atoms. The predicted molar refractivity (Wildman–Crippen MR) is 74.4 cm³/mol. The lowest BCUT2D eigenvalue weighted by Gasteiger charge is -2.09. The molecule has 1 N–H and O–H groups in total. The fourth-order valence-corrected chi connectivity index (χ4v) is 2.54. The summed E-state index contributed by atoms with van der Waals surface area (Å²) in [6, 6.07) is 0. The lowest BCUT2D eigenvalue weighted by molar-refractivity contribution is 0.0979. The third-order valence-electron chi connectivity index (χ3n) is 3.65. The third-order valence-corrected chi connectivity index (χ3v) is 3.65. The predicted octanol–water partition coefficient (Wildman–Crippen LogP) is 3.75. The van der Waals surface area contributed by atoms with Gasteiger partial charge in [-0.2, -0.15) is 0 Å². The molecule has 1 rings (SSSR count). The van der Waals surface area contributed by atoms with Crippen LogP contribution in [0.3, 0.4) is 0 Å². The lowest BCUT2D eigenvalue weighted by atomic mass is 10.1. The summed E-state index contributed by atoms with van der Waals surface area (Å²) in [5, 5.41) is 3.44. The number of ether oxygens (including phenoxy) is 1. The second kappa shape index (κ2) is 11.0. The average molecular weight is 241 g/mol. The summed E-state index contributed by atoms with van der Waals surface area (Å²) in [5.41, 5.74) is 0. The van der Waals surface area contributed by atoms with Crippen molar-refractivity contribution >= 4 is 0 Å². The summed E-state index contributed by atoms with van der Waals surface area (Å²) in [5.74, 6) is 0.883. The second-order valence-electron chi connectivity index (χ2n) is 5.39. The summed E-state index contributed by atoms with van der Waals surface area (Å²) in [4.78, 5) is 0. The maximum absolute atomic E-state index is 5.75. The van der Waals surface area contributed by atoms with E-state index in [-0.39, 0.29) is 0 Å². The zero-order valence-corrected chi connectivity index (χ0v) is 11.7. The number of nitrogens with one attached hydrogen (secondary N) is 1. The first-order valence-electron chi connectivity index (χ1n) is 7.72. The van der Waals surface area contributed by atoms with Crippen molar-refractivity contribution in [3.63, 3.8) is 0 Å². The molecule has 0 aliphatic heterocycles. The third kappa shape index (κ3) is 8.62.